The lowest BCUT2D eigenvalue weighted by Gasteiger charge is -2.24. The van der Waals surface area contributed by atoms with E-state index in [2.05, 4.69) is 28.6 Å². The number of aliphatic carboxylic acids is 1. The minimum atomic E-state index is -1.14. The van der Waals surface area contributed by atoms with Gasteiger partial charge in [0.15, 0.2) is 0 Å². The van der Waals surface area contributed by atoms with Crippen molar-refractivity contribution < 1.29 is 24.3 Å². The van der Waals surface area contributed by atoms with E-state index in [1.165, 1.54) is 11.8 Å². The van der Waals surface area contributed by atoms with Gasteiger partial charge >= 0.3 is 5.97 Å². The molecule has 0 fully saturated rings. The fourth-order valence-electron chi connectivity index (χ4n) is 2.65. The summed E-state index contributed by atoms with van der Waals surface area (Å²) in [4.78, 5) is 49.2. The Balaban J connectivity index is 5.18. The van der Waals surface area contributed by atoms with Crippen LogP contribution in [0.5, 0.6) is 0 Å². The third-order valence-corrected chi connectivity index (χ3v) is 6.24. The third kappa shape index (κ3) is 12.8. The molecule has 0 aliphatic rings. The number of hydrogen-bond donors (Lipinski definition) is 7. The molecule has 0 aliphatic heterocycles. The van der Waals surface area contributed by atoms with E-state index in [1.54, 1.807) is 11.8 Å². The summed E-state index contributed by atoms with van der Waals surface area (Å²) in [5, 5.41) is 17.0. The van der Waals surface area contributed by atoms with Crippen molar-refractivity contribution in [2.24, 2.45) is 11.5 Å². The zero-order chi connectivity index (χ0) is 24.5. The van der Waals surface area contributed by atoms with Crippen LogP contribution in [0.15, 0.2) is 0 Å². The fraction of sp³-hybridized carbons (Fsp3) is 0.789. The summed E-state index contributed by atoms with van der Waals surface area (Å²) in [7, 11) is 0. The summed E-state index contributed by atoms with van der Waals surface area (Å²) < 4.78 is 0. The second-order valence-corrected chi connectivity index (χ2v) is 9.49. The molecular weight excluding hydrogens is 474 g/mol. The number of carboxylic acid groups (broad SMARTS) is 1. The van der Waals surface area contributed by atoms with E-state index in [4.69, 9.17) is 11.5 Å². The average Bonchev–Trinajstić information content (AvgIpc) is 2.77. The minimum absolute atomic E-state index is 0.00936. The molecule has 10 nitrogen and oxygen atoms in total. The molecule has 13 heteroatoms. The standard InChI is InChI=1S/C19H37N5O5S3/c1-31-9-6-12(21)16(25)24-15(11-30)18(27)22-13(5-3-4-8-20)17(26)23-14(19(28)29)7-10-32-2/h12-15,30H,3-11,20-21H2,1-2H3,(H,22,27)(H,23,26)(H,24,25)(H,28,29). The van der Waals surface area contributed by atoms with Crippen molar-refractivity contribution in [3.63, 3.8) is 0 Å². The predicted octanol–water partition coefficient (Wildman–Crippen LogP) is -0.582. The largest absolute Gasteiger partial charge is 0.480 e. The topological polar surface area (TPSA) is 177 Å². The van der Waals surface area contributed by atoms with Crippen molar-refractivity contribution >= 4 is 59.8 Å². The van der Waals surface area contributed by atoms with Gasteiger partial charge in [0.25, 0.3) is 0 Å². The third-order valence-electron chi connectivity index (χ3n) is 4.59. The highest BCUT2D eigenvalue weighted by molar-refractivity contribution is 7.98. The zero-order valence-electron chi connectivity index (χ0n) is 18.7. The van der Waals surface area contributed by atoms with E-state index >= 15 is 0 Å². The van der Waals surface area contributed by atoms with Gasteiger partial charge in [0, 0.05) is 5.75 Å². The van der Waals surface area contributed by atoms with Gasteiger partial charge in [0.1, 0.15) is 18.1 Å². The van der Waals surface area contributed by atoms with Gasteiger partial charge in [-0.1, -0.05) is 0 Å². The van der Waals surface area contributed by atoms with Crippen molar-refractivity contribution in [3.05, 3.63) is 0 Å². The van der Waals surface area contributed by atoms with Crippen LogP contribution in [0.1, 0.15) is 32.1 Å². The molecule has 0 radical (unpaired) electrons. The number of thiol groups is 1. The number of nitrogens with two attached hydrogens (primary N) is 2. The molecule has 0 aromatic rings. The predicted molar refractivity (Wildman–Crippen MR) is 134 cm³/mol. The monoisotopic (exact) mass is 511 g/mol. The number of amides is 3. The van der Waals surface area contributed by atoms with Crippen LogP contribution in [0.4, 0.5) is 0 Å². The Morgan fingerprint density at radius 1 is 0.844 bits per heavy atom. The normalized spacial score (nSPS) is 14.7. The van der Waals surface area contributed by atoms with Crippen molar-refractivity contribution in [3.8, 4) is 0 Å². The van der Waals surface area contributed by atoms with Crippen LogP contribution in [0.3, 0.4) is 0 Å². The Hall–Kier alpha value is -1.15. The molecule has 0 saturated carbocycles. The number of carbonyl (C=O) groups is 4. The summed E-state index contributed by atoms with van der Waals surface area (Å²) >= 11 is 7.16. The maximum Gasteiger partial charge on any atom is 0.326 e. The number of thioether (sulfide) groups is 2. The first-order valence-corrected chi connectivity index (χ1v) is 13.8. The van der Waals surface area contributed by atoms with Crippen LogP contribution in [-0.2, 0) is 19.2 Å². The molecule has 0 spiro atoms. The summed E-state index contributed by atoms with van der Waals surface area (Å²) in [6.07, 6.45) is 5.96. The molecule has 4 atom stereocenters. The molecule has 32 heavy (non-hydrogen) atoms. The number of rotatable bonds is 18. The van der Waals surface area contributed by atoms with Crippen molar-refractivity contribution in [1.29, 1.82) is 0 Å². The van der Waals surface area contributed by atoms with Gasteiger partial charge in [0.05, 0.1) is 6.04 Å². The second-order valence-electron chi connectivity index (χ2n) is 7.16. The van der Waals surface area contributed by atoms with Gasteiger partial charge in [-0.25, -0.2) is 4.79 Å². The van der Waals surface area contributed by atoms with Gasteiger partial charge in [-0.2, -0.15) is 36.2 Å². The molecule has 3 amide bonds. The first kappa shape index (κ1) is 30.9. The van der Waals surface area contributed by atoms with E-state index in [-0.39, 0.29) is 18.6 Å². The lowest BCUT2D eigenvalue weighted by atomic mass is 10.1. The van der Waals surface area contributed by atoms with E-state index in [0.717, 1.165) is 0 Å². The lowest BCUT2D eigenvalue weighted by Crippen LogP contribution is -2.57. The van der Waals surface area contributed by atoms with Crippen molar-refractivity contribution in [2.45, 2.75) is 56.3 Å². The first-order valence-electron chi connectivity index (χ1n) is 10.4. The molecule has 186 valence electrons. The van der Waals surface area contributed by atoms with E-state index in [9.17, 15) is 24.3 Å². The first-order chi connectivity index (χ1) is 15.2. The second kappa shape index (κ2) is 18.3. The molecular formula is C19H37N5O5S3. The number of carboxylic acids is 1. The molecule has 0 rings (SSSR count). The maximum absolute atomic E-state index is 12.8. The summed E-state index contributed by atoms with van der Waals surface area (Å²) in [5.41, 5.74) is 11.4. The van der Waals surface area contributed by atoms with Crippen LogP contribution >= 0.6 is 36.2 Å². The summed E-state index contributed by atoms with van der Waals surface area (Å²) in [5.74, 6) is -1.52. The highest BCUT2D eigenvalue weighted by atomic mass is 32.2. The van der Waals surface area contributed by atoms with Crippen LogP contribution in [0, 0.1) is 0 Å². The zero-order valence-corrected chi connectivity index (χ0v) is 21.2. The van der Waals surface area contributed by atoms with Gasteiger partial charge in [0.2, 0.25) is 17.7 Å². The number of hydrogen-bond acceptors (Lipinski definition) is 9. The fourth-order valence-corrected chi connectivity index (χ4v) is 3.87. The molecule has 4 unspecified atom stereocenters. The number of carbonyl (C=O) groups excluding carboxylic acids is 3. The quantitative estimate of drug-likeness (QED) is 0.0937. The van der Waals surface area contributed by atoms with Crippen molar-refractivity contribution in [1.82, 2.24) is 16.0 Å². The van der Waals surface area contributed by atoms with Gasteiger partial charge in [-0.15, -0.1) is 0 Å². The van der Waals surface area contributed by atoms with E-state index in [0.29, 0.717) is 37.3 Å². The highest BCUT2D eigenvalue weighted by Gasteiger charge is 2.29. The number of unbranched alkanes of at least 4 members (excludes halogenated alkanes) is 1. The van der Waals surface area contributed by atoms with Gasteiger partial charge in [-0.05, 0) is 62.7 Å². The Bertz CT molecular complexity index is 600. The van der Waals surface area contributed by atoms with Crippen molar-refractivity contribution in [2.75, 3.05) is 36.3 Å². The molecule has 0 heterocycles. The summed E-state index contributed by atoms with van der Waals surface area (Å²) in [6, 6.07) is -3.76. The van der Waals surface area contributed by atoms with E-state index in [1.807, 2.05) is 12.5 Å². The molecule has 0 aliphatic carbocycles. The lowest BCUT2D eigenvalue weighted by molar-refractivity contribution is -0.142. The smallest absolute Gasteiger partial charge is 0.326 e. The molecule has 0 bridgehead atoms. The van der Waals surface area contributed by atoms with Crippen LogP contribution in [0.25, 0.3) is 0 Å². The highest BCUT2D eigenvalue weighted by Crippen LogP contribution is 2.06. The molecule has 8 N–H and O–H groups in total. The molecule has 0 aromatic heterocycles. The Morgan fingerprint density at radius 2 is 1.38 bits per heavy atom. The van der Waals surface area contributed by atoms with Crippen LogP contribution in [0.2, 0.25) is 0 Å². The Morgan fingerprint density at radius 3 is 1.91 bits per heavy atom. The molecule has 0 saturated heterocycles. The Labute approximate surface area is 203 Å². The van der Waals surface area contributed by atoms with Gasteiger partial charge < -0.3 is 32.5 Å². The SMILES string of the molecule is CSCCC(N)C(=O)NC(CS)C(=O)NC(CCCCN)C(=O)NC(CCSC)C(=O)O. The van der Waals surface area contributed by atoms with Gasteiger partial charge in [-0.3, -0.25) is 14.4 Å². The minimum Gasteiger partial charge on any atom is -0.480 e. The summed E-state index contributed by atoms with van der Waals surface area (Å²) in [6.45, 7) is 0.428. The molecule has 0 aromatic carbocycles. The van der Waals surface area contributed by atoms with E-state index < -0.39 is 47.9 Å². The maximum atomic E-state index is 12.8. The average molecular weight is 512 g/mol. The number of nitrogens with one attached hydrogen (secondary N) is 3. The van der Waals surface area contributed by atoms with Crippen LogP contribution < -0.4 is 27.4 Å². The Kier molecular flexibility index (Phi) is 17.6. The van der Waals surface area contributed by atoms with Crippen LogP contribution in [-0.4, -0.2) is 89.3 Å².